The lowest BCUT2D eigenvalue weighted by Crippen LogP contribution is -2.20. The molecular formula is C21H34O3. The predicted molar refractivity (Wildman–Crippen MR) is 99.8 cm³/mol. The highest BCUT2D eigenvalue weighted by Gasteiger charge is 2.29. The van der Waals surface area contributed by atoms with E-state index in [-0.39, 0.29) is 22.7 Å². The summed E-state index contributed by atoms with van der Waals surface area (Å²) < 4.78 is 5.38. The number of rotatable bonds is 5. The van der Waals surface area contributed by atoms with Crippen LogP contribution in [0.1, 0.15) is 90.8 Å². The van der Waals surface area contributed by atoms with Crippen molar-refractivity contribution >= 4 is 5.97 Å². The third-order valence-corrected chi connectivity index (χ3v) is 4.34. The van der Waals surface area contributed by atoms with Crippen molar-refractivity contribution in [2.45, 2.75) is 85.0 Å². The monoisotopic (exact) mass is 334 g/mol. The van der Waals surface area contributed by atoms with Gasteiger partial charge >= 0.3 is 5.97 Å². The topological polar surface area (TPSA) is 46.5 Å². The quantitative estimate of drug-likeness (QED) is 0.576. The molecule has 0 spiro atoms. The third kappa shape index (κ3) is 4.99. The summed E-state index contributed by atoms with van der Waals surface area (Å²) in [4.78, 5) is 12.3. The number of hydrogen-bond donors (Lipinski definition) is 1. The molecule has 0 aliphatic carbocycles. The van der Waals surface area contributed by atoms with E-state index in [4.69, 9.17) is 4.74 Å². The second-order valence-electron chi connectivity index (χ2n) is 8.71. The minimum absolute atomic E-state index is 0.200. The molecule has 0 saturated heterocycles. The Balaban J connectivity index is 3.31. The summed E-state index contributed by atoms with van der Waals surface area (Å²) in [6.45, 7) is 16.8. The molecule has 0 aliphatic heterocycles. The summed E-state index contributed by atoms with van der Waals surface area (Å²) in [6, 6.07) is 3.91. The number of benzene rings is 1. The van der Waals surface area contributed by atoms with Gasteiger partial charge in [-0.3, -0.25) is 4.79 Å². The Morgan fingerprint density at radius 2 is 1.54 bits per heavy atom. The zero-order chi connectivity index (χ0) is 18.7. The number of aromatic hydroxyl groups is 1. The maximum atomic E-state index is 12.3. The summed E-state index contributed by atoms with van der Waals surface area (Å²) >= 11 is 0. The first-order valence-corrected chi connectivity index (χ1v) is 8.94. The van der Waals surface area contributed by atoms with E-state index in [1.165, 1.54) is 0 Å². The normalized spacial score (nSPS) is 13.7. The fourth-order valence-electron chi connectivity index (χ4n) is 2.63. The lowest BCUT2D eigenvalue weighted by atomic mass is 9.77. The van der Waals surface area contributed by atoms with Crippen LogP contribution in [0.4, 0.5) is 0 Å². The Labute approximate surface area is 147 Å². The van der Waals surface area contributed by atoms with Gasteiger partial charge in [0.2, 0.25) is 0 Å². The van der Waals surface area contributed by atoms with Crippen LogP contribution in [-0.4, -0.2) is 17.7 Å². The van der Waals surface area contributed by atoms with Crippen LogP contribution in [0.3, 0.4) is 0 Å². The highest BCUT2D eigenvalue weighted by molar-refractivity contribution is 5.78. The molecule has 1 atom stereocenters. The first-order valence-electron chi connectivity index (χ1n) is 8.94. The average Bonchev–Trinajstić information content (AvgIpc) is 2.44. The van der Waals surface area contributed by atoms with E-state index < -0.39 is 0 Å². The van der Waals surface area contributed by atoms with Gasteiger partial charge in [0.05, 0.1) is 12.5 Å². The highest BCUT2D eigenvalue weighted by atomic mass is 16.5. The molecule has 0 radical (unpaired) electrons. The van der Waals surface area contributed by atoms with Gasteiger partial charge in [0, 0.05) is 0 Å². The molecule has 1 rings (SSSR count). The molecule has 0 heterocycles. The van der Waals surface area contributed by atoms with Crippen molar-refractivity contribution in [2.24, 2.45) is 0 Å². The Morgan fingerprint density at radius 3 is 1.92 bits per heavy atom. The average molecular weight is 335 g/mol. The van der Waals surface area contributed by atoms with E-state index in [9.17, 15) is 9.90 Å². The van der Waals surface area contributed by atoms with Crippen LogP contribution in [0.15, 0.2) is 12.1 Å². The number of ether oxygens (including phenoxy) is 1. The zero-order valence-corrected chi connectivity index (χ0v) is 16.6. The first-order chi connectivity index (χ1) is 10.9. The van der Waals surface area contributed by atoms with Crippen LogP contribution in [0.25, 0.3) is 0 Å². The molecule has 1 aromatic rings. The van der Waals surface area contributed by atoms with Crippen molar-refractivity contribution in [3.63, 3.8) is 0 Å². The van der Waals surface area contributed by atoms with Gasteiger partial charge in [-0.25, -0.2) is 0 Å². The lowest BCUT2D eigenvalue weighted by molar-refractivity contribution is -0.145. The Hall–Kier alpha value is -1.51. The van der Waals surface area contributed by atoms with Crippen molar-refractivity contribution in [3.8, 4) is 5.75 Å². The summed E-state index contributed by atoms with van der Waals surface area (Å²) in [5.41, 5.74) is 2.25. The van der Waals surface area contributed by atoms with Crippen molar-refractivity contribution < 1.29 is 14.6 Å². The van der Waals surface area contributed by atoms with E-state index in [1.54, 1.807) is 0 Å². The molecule has 1 unspecified atom stereocenters. The van der Waals surface area contributed by atoms with Crippen molar-refractivity contribution in [3.05, 3.63) is 28.8 Å². The highest BCUT2D eigenvalue weighted by Crippen LogP contribution is 2.41. The van der Waals surface area contributed by atoms with Gasteiger partial charge in [-0.15, -0.1) is 0 Å². The Morgan fingerprint density at radius 1 is 1.08 bits per heavy atom. The summed E-state index contributed by atoms with van der Waals surface area (Å²) in [6.07, 6.45) is 1.89. The van der Waals surface area contributed by atoms with Gasteiger partial charge in [-0.2, -0.15) is 0 Å². The summed E-state index contributed by atoms with van der Waals surface area (Å²) in [5.74, 6) is -0.205. The molecule has 24 heavy (non-hydrogen) atoms. The lowest BCUT2D eigenvalue weighted by Gasteiger charge is -2.29. The van der Waals surface area contributed by atoms with E-state index >= 15 is 0 Å². The molecule has 0 amide bonds. The van der Waals surface area contributed by atoms with Gasteiger partial charge in [0.25, 0.3) is 0 Å². The molecular weight excluding hydrogens is 300 g/mol. The number of phenolic OH excluding ortho intramolecular Hbond substituents is 1. The fourth-order valence-corrected chi connectivity index (χ4v) is 2.63. The van der Waals surface area contributed by atoms with Gasteiger partial charge in [0.1, 0.15) is 5.75 Å². The second kappa shape index (κ2) is 7.58. The molecule has 0 bridgehead atoms. The van der Waals surface area contributed by atoms with Gasteiger partial charge in [-0.1, -0.05) is 67.0 Å². The van der Waals surface area contributed by atoms with Crippen molar-refractivity contribution in [1.82, 2.24) is 0 Å². The standard InChI is InChI=1S/C21H34O3/c1-9-10-11-24-19(23)14(2)15-12-16(20(3,4)5)18(22)17(13-15)21(6,7)8/h12-14,22H,9-11H2,1-8H3. The predicted octanol–water partition coefficient (Wildman–Crippen LogP) is 5.43. The minimum Gasteiger partial charge on any atom is -0.507 e. The number of phenols is 1. The largest absolute Gasteiger partial charge is 0.507 e. The van der Waals surface area contributed by atoms with Gasteiger partial charge in [0.15, 0.2) is 0 Å². The SMILES string of the molecule is CCCCOC(=O)C(C)c1cc(C(C)(C)C)c(O)c(C(C)(C)C)c1. The van der Waals surface area contributed by atoms with Crippen molar-refractivity contribution in [2.75, 3.05) is 6.61 Å². The zero-order valence-electron chi connectivity index (χ0n) is 16.6. The summed E-state index contributed by atoms with van der Waals surface area (Å²) in [7, 11) is 0. The van der Waals surface area contributed by atoms with Crippen LogP contribution in [0.2, 0.25) is 0 Å². The van der Waals surface area contributed by atoms with Gasteiger partial charge in [-0.05, 0) is 40.9 Å². The fraction of sp³-hybridized carbons (Fsp3) is 0.667. The molecule has 0 aromatic heterocycles. The molecule has 1 N–H and O–H groups in total. The van der Waals surface area contributed by atoms with E-state index in [1.807, 2.05) is 19.1 Å². The molecule has 3 nitrogen and oxygen atoms in total. The maximum absolute atomic E-state index is 12.3. The first kappa shape index (κ1) is 20.5. The number of hydrogen-bond acceptors (Lipinski definition) is 3. The van der Waals surface area contributed by atoms with Crippen LogP contribution in [-0.2, 0) is 20.4 Å². The van der Waals surface area contributed by atoms with E-state index in [2.05, 4.69) is 48.5 Å². The Bertz CT molecular complexity index is 539. The third-order valence-electron chi connectivity index (χ3n) is 4.34. The second-order valence-corrected chi connectivity index (χ2v) is 8.71. The number of carbonyl (C=O) groups excluding carboxylic acids is 1. The molecule has 1 aromatic carbocycles. The summed E-state index contributed by atoms with van der Waals surface area (Å²) in [5, 5.41) is 10.8. The number of carbonyl (C=O) groups is 1. The smallest absolute Gasteiger partial charge is 0.313 e. The van der Waals surface area contributed by atoms with Gasteiger partial charge < -0.3 is 9.84 Å². The molecule has 136 valence electrons. The van der Waals surface area contributed by atoms with Crippen LogP contribution in [0, 0.1) is 0 Å². The number of esters is 1. The van der Waals surface area contributed by atoms with E-state index in [0.717, 1.165) is 29.5 Å². The maximum Gasteiger partial charge on any atom is 0.313 e. The molecule has 0 aliphatic rings. The van der Waals surface area contributed by atoms with E-state index in [0.29, 0.717) is 12.4 Å². The Kier molecular flexibility index (Phi) is 6.49. The minimum atomic E-state index is -0.343. The molecule has 0 saturated carbocycles. The van der Waals surface area contributed by atoms with Crippen molar-refractivity contribution in [1.29, 1.82) is 0 Å². The number of unbranched alkanes of at least 4 members (excludes halogenated alkanes) is 1. The molecule has 0 fully saturated rings. The molecule has 3 heteroatoms. The van der Waals surface area contributed by atoms with Crippen LogP contribution >= 0.6 is 0 Å². The van der Waals surface area contributed by atoms with Crippen LogP contribution in [0.5, 0.6) is 5.75 Å². The van der Waals surface area contributed by atoms with Crippen LogP contribution < -0.4 is 0 Å².